The molecule has 0 fully saturated rings. The molecule has 2 heterocycles. The van der Waals surface area contributed by atoms with Gasteiger partial charge in [0.1, 0.15) is 5.65 Å². The molecule has 6 heteroatoms. The summed E-state index contributed by atoms with van der Waals surface area (Å²) in [6.07, 6.45) is 0.673. The van der Waals surface area contributed by atoms with Crippen LogP contribution in [0.3, 0.4) is 0 Å². The summed E-state index contributed by atoms with van der Waals surface area (Å²) in [6.45, 7) is 16.0. The van der Waals surface area contributed by atoms with Gasteiger partial charge < -0.3 is 14.4 Å². The number of rotatable bonds is 6. The Bertz CT molecular complexity index is 1150. The monoisotopic (exact) mass is 440 g/mol. The number of aliphatic carboxylic acids is 1. The van der Waals surface area contributed by atoms with Gasteiger partial charge in [-0.25, -0.2) is 9.78 Å². The number of carbonyl (C=O) groups is 1. The van der Waals surface area contributed by atoms with Crippen molar-refractivity contribution in [3.63, 3.8) is 0 Å². The van der Waals surface area contributed by atoms with Crippen LogP contribution in [0.5, 0.6) is 0 Å². The molecule has 0 bridgehead atoms. The molecule has 0 aliphatic heterocycles. The van der Waals surface area contributed by atoms with E-state index in [2.05, 4.69) is 11.1 Å². The highest BCUT2D eigenvalue weighted by Crippen LogP contribution is 2.42. The molecule has 0 aliphatic carbocycles. The van der Waals surface area contributed by atoms with E-state index in [-0.39, 0.29) is 0 Å². The maximum atomic E-state index is 12.4. The topological polar surface area (TPSA) is 64.3 Å². The largest absolute Gasteiger partial charge is 0.479 e. The average Bonchev–Trinajstić information content (AvgIpc) is 2.90. The van der Waals surface area contributed by atoms with E-state index in [1.54, 1.807) is 0 Å². The van der Waals surface area contributed by atoms with E-state index in [9.17, 15) is 9.90 Å². The SMILES string of the molecule is C=CCn1c(C)c(C)c2c(-c3ccc(Cl)cc3)c(C(OC(C)(C)C)C(=O)O)c(C)nc21. The number of hydrogen-bond donors (Lipinski definition) is 1. The van der Waals surface area contributed by atoms with Gasteiger partial charge in [-0.2, -0.15) is 0 Å². The lowest BCUT2D eigenvalue weighted by Crippen LogP contribution is -2.28. The van der Waals surface area contributed by atoms with Gasteiger partial charge in [0.05, 0.1) is 5.60 Å². The third-order valence-electron chi connectivity index (χ3n) is 5.39. The Morgan fingerprint density at radius 3 is 2.39 bits per heavy atom. The second-order valence-electron chi connectivity index (χ2n) is 8.75. The van der Waals surface area contributed by atoms with Gasteiger partial charge in [0.2, 0.25) is 0 Å². The molecule has 1 unspecified atom stereocenters. The Morgan fingerprint density at radius 1 is 1.26 bits per heavy atom. The number of pyridine rings is 1. The number of carboxylic acids is 1. The summed E-state index contributed by atoms with van der Waals surface area (Å²) in [5.74, 6) is -1.05. The smallest absolute Gasteiger partial charge is 0.337 e. The quantitative estimate of drug-likeness (QED) is 0.450. The van der Waals surface area contributed by atoms with Crippen LogP contribution in [0.2, 0.25) is 5.02 Å². The molecule has 164 valence electrons. The van der Waals surface area contributed by atoms with Crippen LogP contribution in [0.4, 0.5) is 0 Å². The van der Waals surface area contributed by atoms with Crippen molar-refractivity contribution in [2.24, 2.45) is 0 Å². The number of allylic oxidation sites excluding steroid dienone is 1. The van der Waals surface area contributed by atoms with Crippen LogP contribution in [-0.4, -0.2) is 26.2 Å². The molecule has 0 saturated carbocycles. The van der Waals surface area contributed by atoms with E-state index >= 15 is 0 Å². The summed E-state index contributed by atoms with van der Waals surface area (Å²) in [6, 6.07) is 7.45. The zero-order valence-electron chi connectivity index (χ0n) is 18.9. The van der Waals surface area contributed by atoms with Crippen LogP contribution in [0, 0.1) is 20.8 Å². The first-order valence-corrected chi connectivity index (χ1v) is 10.6. The molecule has 2 aromatic heterocycles. The summed E-state index contributed by atoms with van der Waals surface area (Å²) in [7, 11) is 0. The lowest BCUT2D eigenvalue weighted by Gasteiger charge is -2.28. The van der Waals surface area contributed by atoms with Gasteiger partial charge in [0.25, 0.3) is 0 Å². The van der Waals surface area contributed by atoms with Gasteiger partial charge in [0.15, 0.2) is 6.10 Å². The van der Waals surface area contributed by atoms with Gasteiger partial charge in [-0.3, -0.25) is 0 Å². The summed E-state index contributed by atoms with van der Waals surface area (Å²) < 4.78 is 8.14. The minimum Gasteiger partial charge on any atom is -0.479 e. The van der Waals surface area contributed by atoms with E-state index < -0.39 is 17.7 Å². The van der Waals surface area contributed by atoms with Crippen LogP contribution in [0.25, 0.3) is 22.2 Å². The van der Waals surface area contributed by atoms with Crippen molar-refractivity contribution in [3.8, 4) is 11.1 Å². The Morgan fingerprint density at radius 2 is 1.87 bits per heavy atom. The lowest BCUT2D eigenvalue weighted by molar-refractivity contribution is -0.160. The number of benzene rings is 1. The maximum absolute atomic E-state index is 12.4. The normalized spacial score (nSPS) is 12.9. The van der Waals surface area contributed by atoms with Crippen molar-refractivity contribution in [1.82, 2.24) is 9.55 Å². The molecule has 1 N–H and O–H groups in total. The average molecular weight is 441 g/mol. The molecule has 3 rings (SSSR count). The van der Waals surface area contributed by atoms with E-state index in [0.29, 0.717) is 22.8 Å². The van der Waals surface area contributed by atoms with Crippen molar-refractivity contribution >= 4 is 28.6 Å². The lowest BCUT2D eigenvalue weighted by atomic mass is 9.91. The molecule has 5 nitrogen and oxygen atoms in total. The fourth-order valence-corrected chi connectivity index (χ4v) is 4.10. The van der Waals surface area contributed by atoms with Gasteiger partial charge in [-0.1, -0.05) is 29.8 Å². The molecule has 0 spiro atoms. The predicted octanol–water partition coefficient (Wildman–Crippen LogP) is 6.41. The number of ether oxygens (including phenoxy) is 1. The zero-order valence-corrected chi connectivity index (χ0v) is 19.7. The molecule has 31 heavy (non-hydrogen) atoms. The molecule has 0 amide bonds. The predicted molar refractivity (Wildman–Crippen MR) is 126 cm³/mol. The molecular weight excluding hydrogens is 412 g/mol. The van der Waals surface area contributed by atoms with Crippen molar-refractivity contribution in [2.45, 2.75) is 59.8 Å². The Kier molecular flexibility index (Phi) is 6.30. The van der Waals surface area contributed by atoms with Crippen LogP contribution in [0.15, 0.2) is 36.9 Å². The third kappa shape index (κ3) is 4.39. The van der Waals surface area contributed by atoms with E-state index in [1.807, 2.05) is 71.9 Å². The van der Waals surface area contributed by atoms with Crippen LogP contribution in [-0.2, 0) is 16.1 Å². The van der Waals surface area contributed by atoms with Crippen molar-refractivity contribution in [1.29, 1.82) is 0 Å². The Hall–Kier alpha value is -2.63. The maximum Gasteiger partial charge on any atom is 0.337 e. The van der Waals surface area contributed by atoms with Crippen LogP contribution in [0.1, 0.15) is 49.4 Å². The minimum atomic E-state index is -1.16. The van der Waals surface area contributed by atoms with Crippen LogP contribution >= 0.6 is 11.6 Å². The number of carboxylic acid groups (broad SMARTS) is 1. The fraction of sp³-hybridized carbons (Fsp3) is 0.360. The van der Waals surface area contributed by atoms with Gasteiger partial charge in [0, 0.05) is 39.5 Å². The van der Waals surface area contributed by atoms with Crippen molar-refractivity contribution in [3.05, 3.63) is 64.5 Å². The van der Waals surface area contributed by atoms with E-state index in [1.165, 1.54) is 0 Å². The highest BCUT2D eigenvalue weighted by Gasteiger charge is 2.33. The van der Waals surface area contributed by atoms with E-state index in [0.717, 1.165) is 33.4 Å². The van der Waals surface area contributed by atoms with Gasteiger partial charge in [-0.05, 0) is 64.8 Å². The number of hydrogen-bond acceptors (Lipinski definition) is 3. The molecular formula is C25H29ClN2O3. The fourth-order valence-electron chi connectivity index (χ4n) is 3.97. The Labute approximate surface area is 188 Å². The molecule has 0 aliphatic rings. The van der Waals surface area contributed by atoms with Gasteiger partial charge >= 0.3 is 5.97 Å². The first-order chi connectivity index (χ1) is 14.5. The number of nitrogens with zero attached hydrogens (tertiary/aromatic N) is 2. The van der Waals surface area contributed by atoms with Crippen LogP contribution < -0.4 is 0 Å². The van der Waals surface area contributed by atoms with Crippen molar-refractivity contribution < 1.29 is 14.6 Å². The number of aromatic nitrogens is 2. The second kappa shape index (κ2) is 8.48. The molecule has 0 radical (unpaired) electrons. The van der Waals surface area contributed by atoms with Crippen molar-refractivity contribution in [2.75, 3.05) is 0 Å². The number of aryl methyl sites for hydroxylation is 2. The summed E-state index contributed by atoms with van der Waals surface area (Å²) >= 11 is 6.14. The van der Waals surface area contributed by atoms with E-state index in [4.69, 9.17) is 21.3 Å². The Balaban J connectivity index is 2.49. The first kappa shape index (κ1) is 23.0. The summed E-state index contributed by atoms with van der Waals surface area (Å²) in [4.78, 5) is 17.2. The van der Waals surface area contributed by atoms with Gasteiger partial charge in [-0.15, -0.1) is 6.58 Å². The highest BCUT2D eigenvalue weighted by atomic mass is 35.5. The molecule has 3 aromatic rings. The minimum absolute atomic E-state index is 0.566. The third-order valence-corrected chi connectivity index (χ3v) is 5.64. The summed E-state index contributed by atoms with van der Waals surface area (Å²) in [5.41, 5.74) is 5.15. The number of fused-ring (bicyclic) bond motifs is 1. The summed E-state index contributed by atoms with van der Waals surface area (Å²) in [5, 5.41) is 11.7. The second-order valence-corrected chi connectivity index (χ2v) is 9.19. The number of halogens is 1. The molecule has 1 atom stereocenters. The standard InChI is InChI=1S/C25H29ClN2O3/c1-8-13-28-16(4)14(2)19-21(17-9-11-18(26)12-10-17)20(15(3)27-23(19)28)22(24(29)30)31-25(5,6)7/h8-12,22H,1,13H2,2-7H3,(H,29,30). The first-order valence-electron chi connectivity index (χ1n) is 10.2. The molecule has 0 saturated heterocycles. The highest BCUT2D eigenvalue weighted by molar-refractivity contribution is 6.30. The zero-order chi connectivity index (χ0) is 23.1. The molecule has 1 aromatic carbocycles.